The zero-order valence-electron chi connectivity index (χ0n) is 14.7. The Hall–Kier alpha value is -1.30. The van der Waals surface area contributed by atoms with Gasteiger partial charge in [-0.3, -0.25) is 9.79 Å². The van der Waals surface area contributed by atoms with Gasteiger partial charge in [-0.15, -0.1) is 0 Å². The van der Waals surface area contributed by atoms with E-state index in [0.29, 0.717) is 13.1 Å². The monoisotopic (exact) mass is 325 g/mol. The highest BCUT2D eigenvalue weighted by atomic mass is 16.5. The summed E-state index contributed by atoms with van der Waals surface area (Å²) in [7, 11) is 1.44. The number of ether oxygens (including phenoxy) is 1. The van der Waals surface area contributed by atoms with Gasteiger partial charge < -0.3 is 20.1 Å². The molecule has 6 heteroatoms. The molecule has 0 radical (unpaired) electrons. The number of carbonyl (C=O) groups is 1. The van der Waals surface area contributed by atoms with E-state index in [-0.39, 0.29) is 17.8 Å². The highest BCUT2D eigenvalue weighted by Gasteiger charge is 2.37. The number of aliphatic imine (C=N–C) groups is 1. The lowest BCUT2D eigenvalue weighted by atomic mass is 9.85. The van der Waals surface area contributed by atoms with Gasteiger partial charge in [0.25, 0.3) is 0 Å². The van der Waals surface area contributed by atoms with E-state index in [1.54, 1.807) is 0 Å². The average Bonchev–Trinajstić information content (AvgIpc) is 2.93. The Bertz CT molecular complexity index is 433. The topological polar surface area (TPSA) is 74.2 Å². The molecule has 1 saturated heterocycles. The van der Waals surface area contributed by atoms with Crippen LogP contribution in [0.1, 0.15) is 46.0 Å². The van der Waals surface area contributed by atoms with Crippen molar-refractivity contribution in [2.45, 2.75) is 51.6 Å². The van der Waals surface area contributed by atoms with Crippen molar-refractivity contribution in [2.24, 2.45) is 16.8 Å². The number of esters is 1. The van der Waals surface area contributed by atoms with E-state index in [2.05, 4.69) is 22.1 Å². The first-order valence-corrected chi connectivity index (χ1v) is 8.82. The Balaban J connectivity index is 2.03. The van der Waals surface area contributed by atoms with Gasteiger partial charge in [0.15, 0.2) is 5.96 Å². The summed E-state index contributed by atoms with van der Waals surface area (Å²) in [6, 6.07) is 0. The number of hydrogen-bond acceptors (Lipinski definition) is 4. The molecule has 6 nitrogen and oxygen atoms in total. The van der Waals surface area contributed by atoms with E-state index in [4.69, 9.17) is 4.74 Å². The van der Waals surface area contributed by atoms with Gasteiger partial charge in [-0.1, -0.05) is 26.2 Å². The SMILES string of the molecule is CCNC(=NCC1(O)CCCCC1)N1CC(C)C(C(=O)OC)C1. The summed E-state index contributed by atoms with van der Waals surface area (Å²) in [6.45, 7) is 6.71. The van der Waals surface area contributed by atoms with E-state index < -0.39 is 5.60 Å². The number of likely N-dealkylation sites (tertiary alicyclic amines) is 1. The van der Waals surface area contributed by atoms with Crippen LogP contribution < -0.4 is 5.32 Å². The molecule has 1 saturated carbocycles. The third-order valence-corrected chi connectivity index (χ3v) is 5.06. The van der Waals surface area contributed by atoms with Crippen LogP contribution in [0.3, 0.4) is 0 Å². The number of nitrogens with zero attached hydrogens (tertiary/aromatic N) is 2. The lowest BCUT2D eigenvalue weighted by molar-refractivity contribution is -0.145. The summed E-state index contributed by atoms with van der Waals surface area (Å²) in [5, 5.41) is 13.9. The fourth-order valence-electron chi connectivity index (χ4n) is 3.61. The van der Waals surface area contributed by atoms with Crippen LogP contribution in [-0.4, -0.2) is 60.8 Å². The van der Waals surface area contributed by atoms with Crippen molar-refractivity contribution in [1.29, 1.82) is 0 Å². The van der Waals surface area contributed by atoms with Crippen LogP contribution in [0.25, 0.3) is 0 Å². The van der Waals surface area contributed by atoms with Crippen LogP contribution >= 0.6 is 0 Å². The van der Waals surface area contributed by atoms with E-state index >= 15 is 0 Å². The van der Waals surface area contributed by atoms with Gasteiger partial charge >= 0.3 is 5.97 Å². The number of carbonyl (C=O) groups excluding carboxylic acids is 1. The molecule has 0 spiro atoms. The van der Waals surface area contributed by atoms with Crippen LogP contribution in [0.2, 0.25) is 0 Å². The predicted octanol–water partition coefficient (Wildman–Crippen LogP) is 1.39. The molecule has 2 rings (SSSR count). The quantitative estimate of drug-likeness (QED) is 0.464. The van der Waals surface area contributed by atoms with Crippen molar-refractivity contribution in [3.8, 4) is 0 Å². The molecule has 2 N–H and O–H groups in total. The summed E-state index contributed by atoms with van der Waals surface area (Å²) in [6.07, 6.45) is 5.02. The number of nitrogens with one attached hydrogen (secondary N) is 1. The predicted molar refractivity (Wildman–Crippen MR) is 90.3 cm³/mol. The smallest absolute Gasteiger partial charge is 0.310 e. The van der Waals surface area contributed by atoms with Gasteiger partial charge in [-0.05, 0) is 25.7 Å². The molecular formula is C17H31N3O3. The van der Waals surface area contributed by atoms with Gasteiger partial charge in [-0.2, -0.15) is 0 Å². The molecule has 0 aromatic carbocycles. The van der Waals surface area contributed by atoms with Crippen LogP contribution in [-0.2, 0) is 9.53 Å². The molecule has 2 fully saturated rings. The lowest BCUT2D eigenvalue weighted by Gasteiger charge is -2.31. The van der Waals surface area contributed by atoms with Crippen molar-refractivity contribution < 1.29 is 14.6 Å². The van der Waals surface area contributed by atoms with E-state index in [1.807, 2.05) is 6.92 Å². The molecule has 0 aromatic heterocycles. The Morgan fingerprint density at radius 3 is 2.65 bits per heavy atom. The third kappa shape index (κ3) is 4.59. The molecule has 1 heterocycles. The second-order valence-corrected chi connectivity index (χ2v) is 6.97. The zero-order valence-corrected chi connectivity index (χ0v) is 14.7. The molecule has 0 aromatic rings. The largest absolute Gasteiger partial charge is 0.469 e. The highest BCUT2D eigenvalue weighted by molar-refractivity contribution is 5.82. The standard InChI is InChI=1S/C17H31N3O3/c1-4-18-16(19-12-17(22)8-6-5-7-9-17)20-10-13(2)14(11-20)15(21)23-3/h13-14,22H,4-12H2,1-3H3,(H,18,19). The average molecular weight is 325 g/mol. The van der Waals surface area contributed by atoms with Gasteiger partial charge in [0.05, 0.1) is 25.2 Å². The van der Waals surface area contributed by atoms with Gasteiger partial charge in [0.2, 0.25) is 0 Å². The van der Waals surface area contributed by atoms with Crippen molar-refractivity contribution >= 4 is 11.9 Å². The van der Waals surface area contributed by atoms with E-state index in [0.717, 1.165) is 44.7 Å². The minimum Gasteiger partial charge on any atom is -0.469 e. The first kappa shape index (κ1) is 18.0. The maximum Gasteiger partial charge on any atom is 0.310 e. The Labute approximate surface area is 139 Å². The maximum atomic E-state index is 11.9. The molecule has 132 valence electrons. The van der Waals surface area contributed by atoms with Crippen molar-refractivity contribution in [1.82, 2.24) is 10.2 Å². The normalized spacial score (nSPS) is 27.8. The molecule has 1 aliphatic carbocycles. The van der Waals surface area contributed by atoms with Gasteiger partial charge in [0, 0.05) is 19.6 Å². The molecule has 0 bridgehead atoms. The molecule has 2 unspecified atom stereocenters. The summed E-state index contributed by atoms with van der Waals surface area (Å²) in [4.78, 5) is 18.6. The van der Waals surface area contributed by atoms with Crippen molar-refractivity contribution in [2.75, 3.05) is 33.3 Å². The first-order chi connectivity index (χ1) is 11.0. The number of guanidine groups is 1. The third-order valence-electron chi connectivity index (χ3n) is 5.06. The summed E-state index contributed by atoms with van der Waals surface area (Å²) in [5.74, 6) is 0.775. The fourth-order valence-corrected chi connectivity index (χ4v) is 3.61. The molecule has 23 heavy (non-hydrogen) atoms. The Kier molecular flexibility index (Phi) is 6.27. The number of hydrogen-bond donors (Lipinski definition) is 2. The summed E-state index contributed by atoms with van der Waals surface area (Å²) in [5.41, 5.74) is -0.661. The maximum absolute atomic E-state index is 11.9. The minimum absolute atomic E-state index is 0.110. The first-order valence-electron chi connectivity index (χ1n) is 8.82. The minimum atomic E-state index is -0.661. The summed E-state index contributed by atoms with van der Waals surface area (Å²) >= 11 is 0. The van der Waals surface area contributed by atoms with Gasteiger partial charge in [0.1, 0.15) is 0 Å². The van der Waals surface area contributed by atoms with Crippen molar-refractivity contribution in [3.63, 3.8) is 0 Å². The lowest BCUT2D eigenvalue weighted by Crippen LogP contribution is -2.43. The number of rotatable bonds is 4. The fraction of sp³-hybridized carbons (Fsp3) is 0.882. The highest BCUT2D eigenvalue weighted by Crippen LogP contribution is 2.29. The Morgan fingerprint density at radius 1 is 1.35 bits per heavy atom. The van der Waals surface area contributed by atoms with Crippen LogP contribution in [0.15, 0.2) is 4.99 Å². The van der Waals surface area contributed by atoms with E-state index in [1.165, 1.54) is 13.5 Å². The molecule has 0 amide bonds. The second-order valence-electron chi connectivity index (χ2n) is 6.97. The summed E-state index contributed by atoms with van der Waals surface area (Å²) < 4.78 is 4.90. The van der Waals surface area contributed by atoms with Crippen LogP contribution in [0.4, 0.5) is 0 Å². The number of aliphatic hydroxyl groups is 1. The van der Waals surface area contributed by atoms with Crippen molar-refractivity contribution in [3.05, 3.63) is 0 Å². The zero-order chi connectivity index (χ0) is 16.9. The molecule has 1 aliphatic heterocycles. The molecular weight excluding hydrogens is 294 g/mol. The van der Waals surface area contributed by atoms with Crippen LogP contribution in [0, 0.1) is 11.8 Å². The van der Waals surface area contributed by atoms with Crippen LogP contribution in [0.5, 0.6) is 0 Å². The molecule has 2 atom stereocenters. The molecule has 2 aliphatic rings. The van der Waals surface area contributed by atoms with E-state index in [9.17, 15) is 9.90 Å². The van der Waals surface area contributed by atoms with Gasteiger partial charge in [-0.25, -0.2) is 0 Å². The number of methoxy groups -OCH3 is 1. The Morgan fingerprint density at radius 2 is 2.04 bits per heavy atom. The second kappa shape index (κ2) is 7.99.